The molecule has 0 spiro atoms. The molecule has 1 aromatic rings. The zero-order valence-corrected chi connectivity index (χ0v) is 25.5. The minimum atomic E-state index is -1.35. The standard InChI is InChI=1S/C24H37BrFN3O4SSi/c1-16-23(5,14-30)34-20(28-24(16,6)18-12-17(25)13-27-19(18)26)29(21(31)33-22(2,3)4)15-32-10-11-35(7,8)9/h12-14,16H,10-11,15H2,1-9H3/t16?,23-,24+/m1/s1. The average Bonchev–Trinajstić information content (AvgIpc) is 2.71. The van der Waals surface area contributed by atoms with Gasteiger partial charge in [0, 0.05) is 36.8 Å². The fraction of sp³-hybridized carbons (Fsp3) is 0.667. The summed E-state index contributed by atoms with van der Waals surface area (Å²) in [4.78, 5) is 35.6. The van der Waals surface area contributed by atoms with E-state index in [0.29, 0.717) is 11.1 Å². The lowest BCUT2D eigenvalue weighted by molar-refractivity contribution is -0.111. The second-order valence-corrected chi connectivity index (χ2v) is 19.4. The quantitative estimate of drug-likeness (QED) is 0.120. The summed E-state index contributed by atoms with van der Waals surface area (Å²) in [5.41, 5.74) is -1.71. The van der Waals surface area contributed by atoms with Crippen LogP contribution in [0.5, 0.6) is 0 Å². The molecule has 196 valence electrons. The summed E-state index contributed by atoms with van der Waals surface area (Å²) in [6.07, 6.45) is 1.56. The molecule has 0 aliphatic carbocycles. The number of nitrogens with zero attached hydrogens (tertiary/aromatic N) is 3. The van der Waals surface area contributed by atoms with Crippen molar-refractivity contribution >= 4 is 53.3 Å². The van der Waals surface area contributed by atoms with Crippen molar-refractivity contribution in [3.8, 4) is 0 Å². The van der Waals surface area contributed by atoms with E-state index in [1.807, 2.05) is 6.92 Å². The Hall–Kier alpha value is -1.30. The number of pyridine rings is 1. The number of aromatic nitrogens is 1. The molecule has 0 aromatic carbocycles. The van der Waals surface area contributed by atoms with Gasteiger partial charge in [-0.2, -0.15) is 4.39 Å². The lowest BCUT2D eigenvalue weighted by atomic mass is 9.75. The minimum absolute atomic E-state index is 0.0934. The molecule has 2 heterocycles. The van der Waals surface area contributed by atoms with Crippen LogP contribution in [0.15, 0.2) is 21.7 Å². The van der Waals surface area contributed by atoms with Gasteiger partial charge in [-0.05, 0) is 62.7 Å². The van der Waals surface area contributed by atoms with E-state index in [1.54, 1.807) is 40.7 Å². The molecule has 0 N–H and O–H groups in total. The van der Waals surface area contributed by atoms with E-state index in [4.69, 9.17) is 14.5 Å². The molecule has 2 rings (SSSR count). The van der Waals surface area contributed by atoms with Crippen LogP contribution in [-0.2, 0) is 19.8 Å². The van der Waals surface area contributed by atoms with Crippen LogP contribution in [0.3, 0.4) is 0 Å². The smallest absolute Gasteiger partial charge is 0.418 e. The van der Waals surface area contributed by atoms with Gasteiger partial charge in [-0.3, -0.25) is 4.99 Å². The van der Waals surface area contributed by atoms with Crippen molar-refractivity contribution in [3.05, 3.63) is 28.2 Å². The van der Waals surface area contributed by atoms with Crippen molar-refractivity contribution in [1.29, 1.82) is 0 Å². The Morgan fingerprint density at radius 3 is 2.51 bits per heavy atom. The van der Waals surface area contributed by atoms with Gasteiger partial charge in [-0.1, -0.05) is 38.3 Å². The molecular formula is C24H37BrFN3O4SSi. The third-order valence-electron chi connectivity index (χ3n) is 5.99. The molecular weight excluding hydrogens is 553 g/mol. The lowest BCUT2D eigenvalue weighted by Gasteiger charge is -2.46. The maximum absolute atomic E-state index is 15.0. The van der Waals surface area contributed by atoms with E-state index >= 15 is 0 Å². The highest BCUT2D eigenvalue weighted by Crippen LogP contribution is 2.50. The second kappa shape index (κ2) is 11.0. The van der Waals surface area contributed by atoms with Crippen LogP contribution in [0.2, 0.25) is 25.7 Å². The molecule has 1 aliphatic heterocycles. The van der Waals surface area contributed by atoms with E-state index in [-0.39, 0.29) is 17.5 Å². The normalized spacial score (nSPS) is 25.1. The molecule has 0 bridgehead atoms. The van der Waals surface area contributed by atoms with Crippen LogP contribution in [0, 0.1) is 11.9 Å². The molecule has 1 aromatic heterocycles. The number of hydrogen-bond acceptors (Lipinski definition) is 7. The first-order valence-electron chi connectivity index (χ1n) is 11.6. The number of rotatable bonds is 7. The number of aldehydes is 1. The molecule has 11 heteroatoms. The predicted octanol–water partition coefficient (Wildman–Crippen LogP) is 6.44. The Bertz CT molecular complexity index is 984. The molecule has 0 saturated carbocycles. The first-order valence-corrected chi connectivity index (χ1v) is 16.9. The minimum Gasteiger partial charge on any atom is -0.443 e. The highest BCUT2D eigenvalue weighted by Gasteiger charge is 2.52. The second-order valence-electron chi connectivity index (χ2n) is 11.4. The first-order chi connectivity index (χ1) is 15.9. The van der Waals surface area contributed by atoms with Gasteiger partial charge in [0.05, 0.1) is 10.3 Å². The highest BCUT2D eigenvalue weighted by atomic mass is 79.9. The Kier molecular flexibility index (Phi) is 9.39. The Labute approximate surface area is 221 Å². The van der Waals surface area contributed by atoms with Gasteiger partial charge in [0.1, 0.15) is 18.6 Å². The zero-order valence-electron chi connectivity index (χ0n) is 22.1. The Morgan fingerprint density at radius 2 is 1.97 bits per heavy atom. The Morgan fingerprint density at radius 1 is 1.34 bits per heavy atom. The van der Waals surface area contributed by atoms with Crippen molar-refractivity contribution in [2.75, 3.05) is 13.3 Å². The van der Waals surface area contributed by atoms with Crippen molar-refractivity contribution in [2.45, 2.75) is 83.1 Å². The summed E-state index contributed by atoms with van der Waals surface area (Å²) >= 11 is 4.51. The zero-order chi connectivity index (χ0) is 26.8. The topological polar surface area (TPSA) is 81.1 Å². The fourth-order valence-corrected chi connectivity index (χ4v) is 5.92. The molecule has 3 atom stereocenters. The number of thioether (sulfide) groups is 1. The van der Waals surface area contributed by atoms with Crippen LogP contribution in [0.25, 0.3) is 0 Å². The van der Waals surface area contributed by atoms with Crippen LogP contribution in [0.4, 0.5) is 9.18 Å². The van der Waals surface area contributed by atoms with Gasteiger partial charge in [0.2, 0.25) is 5.95 Å². The van der Waals surface area contributed by atoms with Gasteiger partial charge in [0.15, 0.2) is 5.17 Å². The summed E-state index contributed by atoms with van der Waals surface area (Å²) in [6.45, 7) is 17.8. The van der Waals surface area contributed by atoms with E-state index < -0.39 is 41.9 Å². The largest absolute Gasteiger partial charge is 0.443 e. The monoisotopic (exact) mass is 589 g/mol. The van der Waals surface area contributed by atoms with Crippen molar-refractivity contribution in [2.24, 2.45) is 10.9 Å². The number of amidine groups is 1. The van der Waals surface area contributed by atoms with Gasteiger partial charge in [-0.15, -0.1) is 0 Å². The van der Waals surface area contributed by atoms with Crippen LogP contribution in [-0.4, -0.2) is 59.2 Å². The average molecular weight is 591 g/mol. The number of aliphatic imine (C=N–C) groups is 1. The lowest BCUT2D eigenvalue weighted by Crippen LogP contribution is -2.52. The van der Waals surface area contributed by atoms with Gasteiger partial charge < -0.3 is 14.3 Å². The predicted molar refractivity (Wildman–Crippen MR) is 145 cm³/mol. The first kappa shape index (κ1) is 29.9. The molecule has 1 unspecified atom stereocenters. The van der Waals surface area contributed by atoms with Gasteiger partial charge in [-0.25, -0.2) is 14.7 Å². The number of ether oxygens (including phenoxy) is 2. The summed E-state index contributed by atoms with van der Waals surface area (Å²) in [6, 6.07) is 2.54. The van der Waals surface area contributed by atoms with Gasteiger partial charge in [0.25, 0.3) is 0 Å². The summed E-state index contributed by atoms with van der Waals surface area (Å²) in [7, 11) is -1.35. The number of amides is 1. The maximum Gasteiger partial charge on any atom is 0.418 e. The number of carbonyl (C=O) groups excluding carboxylic acids is 2. The number of hydrogen-bond donors (Lipinski definition) is 0. The van der Waals surface area contributed by atoms with Gasteiger partial charge >= 0.3 is 6.09 Å². The van der Waals surface area contributed by atoms with Crippen molar-refractivity contribution in [3.63, 3.8) is 0 Å². The molecule has 0 radical (unpaired) electrons. The SMILES string of the molecule is CC1[C@@](C)(C=O)SC(N(COCC[Si](C)(C)C)C(=O)OC(C)(C)C)=N[C@]1(C)c1cc(Br)cnc1F. The molecule has 0 saturated heterocycles. The van der Waals surface area contributed by atoms with Crippen LogP contribution in [0.1, 0.15) is 47.1 Å². The van der Waals surface area contributed by atoms with Crippen molar-refractivity contribution in [1.82, 2.24) is 9.88 Å². The molecule has 1 aliphatic rings. The number of carbonyl (C=O) groups is 2. The van der Waals surface area contributed by atoms with E-state index in [2.05, 4.69) is 40.6 Å². The molecule has 7 nitrogen and oxygen atoms in total. The Balaban J connectivity index is 2.57. The van der Waals surface area contributed by atoms with Crippen molar-refractivity contribution < 1.29 is 23.5 Å². The maximum atomic E-state index is 15.0. The summed E-state index contributed by atoms with van der Waals surface area (Å²) in [5.74, 6) is -1.10. The third kappa shape index (κ3) is 7.59. The third-order valence-corrected chi connectivity index (χ3v) is 9.51. The molecule has 0 fully saturated rings. The number of halogens is 2. The van der Waals surface area contributed by atoms with E-state index in [0.717, 1.165) is 24.1 Å². The molecule has 35 heavy (non-hydrogen) atoms. The highest BCUT2D eigenvalue weighted by molar-refractivity contribution is 9.10. The fourth-order valence-electron chi connectivity index (χ4n) is 3.51. The summed E-state index contributed by atoms with van der Waals surface area (Å²) in [5, 5.41) is 0.238. The van der Waals surface area contributed by atoms with Crippen LogP contribution >= 0.6 is 27.7 Å². The van der Waals surface area contributed by atoms with E-state index in [1.165, 1.54) is 11.1 Å². The molecule has 1 amide bonds. The van der Waals surface area contributed by atoms with Crippen LogP contribution < -0.4 is 0 Å². The summed E-state index contributed by atoms with van der Waals surface area (Å²) < 4.78 is 26.1. The van der Waals surface area contributed by atoms with E-state index in [9.17, 15) is 14.0 Å².